The van der Waals surface area contributed by atoms with E-state index in [1.807, 2.05) is 43.0 Å². The summed E-state index contributed by atoms with van der Waals surface area (Å²) in [6, 6.07) is 9.21. The van der Waals surface area contributed by atoms with Crippen molar-refractivity contribution < 1.29 is 4.79 Å². The van der Waals surface area contributed by atoms with Gasteiger partial charge in [0.05, 0.1) is 0 Å². The van der Waals surface area contributed by atoms with Gasteiger partial charge in [-0.1, -0.05) is 29.8 Å². The van der Waals surface area contributed by atoms with Gasteiger partial charge in [0, 0.05) is 30.9 Å². The van der Waals surface area contributed by atoms with Gasteiger partial charge in [-0.3, -0.25) is 4.79 Å². The van der Waals surface area contributed by atoms with Crippen LogP contribution in [0.3, 0.4) is 0 Å². The van der Waals surface area contributed by atoms with E-state index in [1.54, 1.807) is 12.3 Å². The van der Waals surface area contributed by atoms with Crippen LogP contribution in [0.4, 0.5) is 0 Å². The Labute approximate surface area is 124 Å². The number of carbonyl (C=O) groups excluding carboxylic acids is 1. The number of hydrogen-bond acceptors (Lipinski definition) is 3. The zero-order chi connectivity index (χ0) is 15.0. The second kappa shape index (κ2) is 8.23. The molecule has 106 valence electrons. The van der Waals surface area contributed by atoms with Crippen LogP contribution in [-0.4, -0.2) is 23.9 Å². The largest absolute Gasteiger partial charge is 0.377 e. The molecule has 5 heteroatoms. The fourth-order valence-corrected chi connectivity index (χ4v) is 1.84. The zero-order valence-electron chi connectivity index (χ0n) is 11.7. The summed E-state index contributed by atoms with van der Waals surface area (Å²) >= 11 is 6.01. The molecule has 0 atom stereocenters. The lowest BCUT2D eigenvalue weighted by molar-refractivity contribution is -0.117. The number of halogens is 1. The smallest absolute Gasteiger partial charge is 0.263 e. The third-order valence-electron chi connectivity index (χ3n) is 2.89. The van der Waals surface area contributed by atoms with Crippen molar-refractivity contribution in [3.8, 4) is 6.07 Å². The molecule has 0 fully saturated rings. The number of rotatable bonds is 6. The Hall–Kier alpha value is -1.99. The summed E-state index contributed by atoms with van der Waals surface area (Å²) in [6.45, 7) is 5.74. The van der Waals surface area contributed by atoms with Crippen LogP contribution < -0.4 is 5.32 Å². The van der Waals surface area contributed by atoms with E-state index >= 15 is 0 Å². The lowest BCUT2D eigenvalue weighted by atomic mass is 10.2. The topological polar surface area (TPSA) is 56.1 Å². The highest BCUT2D eigenvalue weighted by atomic mass is 35.5. The molecule has 0 saturated heterocycles. The third kappa shape index (κ3) is 4.60. The first-order chi connectivity index (χ1) is 9.62. The Morgan fingerprint density at radius 1 is 1.40 bits per heavy atom. The van der Waals surface area contributed by atoms with E-state index in [4.69, 9.17) is 16.9 Å². The Kier molecular flexibility index (Phi) is 6.61. The first-order valence-electron chi connectivity index (χ1n) is 6.49. The van der Waals surface area contributed by atoms with Crippen LogP contribution in [-0.2, 0) is 11.3 Å². The van der Waals surface area contributed by atoms with Crippen molar-refractivity contribution >= 4 is 17.5 Å². The second-order valence-electron chi connectivity index (χ2n) is 4.15. The molecule has 4 nitrogen and oxygen atoms in total. The summed E-state index contributed by atoms with van der Waals surface area (Å²) in [5.74, 6) is -0.390. The summed E-state index contributed by atoms with van der Waals surface area (Å²) in [7, 11) is 0. The molecule has 0 heterocycles. The summed E-state index contributed by atoms with van der Waals surface area (Å²) < 4.78 is 0. The molecule has 0 aromatic heterocycles. The van der Waals surface area contributed by atoms with Gasteiger partial charge in [-0.15, -0.1) is 0 Å². The molecular formula is C15H18ClN3O. The molecule has 0 bridgehead atoms. The number of nitriles is 1. The van der Waals surface area contributed by atoms with E-state index < -0.39 is 0 Å². The Morgan fingerprint density at radius 3 is 2.60 bits per heavy atom. The molecule has 0 radical (unpaired) electrons. The molecule has 0 aliphatic carbocycles. The quantitative estimate of drug-likeness (QED) is 0.647. The van der Waals surface area contributed by atoms with Gasteiger partial charge < -0.3 is 10.2 Å². The van der Waals surface area contributed by atoms with Crippen LogP contribution in [0.5, 0.6) is 0 Å². The predicted octanol–water partition coefficient (Wildman–Crippen LogP) is 2.71. The van der Waals surface area contributed by atoms with E-state index in [9.17, 15) is 4.79 Å². The molecule has 1 aromatic carbocycles. The highest BCUT2D eigenvalue weighted by molar-refractivity contribution is 6.31. The monoisotopic (exact) mass is 291 g/mol. The van der Waals surface area contributed by atoms with Crippen molar-refractivity contribution in [2.45, 2.75) is 20.4 Å². The summed E-state index contributed by atoms with van der Waals surface area (Å²) in [5, 5.41) is 12.4. The standard InChI is InChI=1S/C15H18ClN3O/c1-3-19(4-2)11-13(9-17)15(20)18-10-12-7-5-6-8-14(12)16/h5-8,11H,3-4,10H2,1-2H3,(H,18,20)/b13-11-. The summed E-state index contributed by atoms with van der Waals surface area (Å²) in [5.41, 5.74) is 0.920. The van der Waals surface area contributed by atoms with Crippen LogP contribution >= 0.6 is 11.6 Å². The molecule has 1 rings (SSSR count). The molecule has 0 saturated carbocycles. The van der Waals surface area contributed by atoms with E-state index in [2.05, 4.69) is 5.32 Å². The molecule has 1 amide bonds. The molecular weight excluding hydrogens is 274 g/mol. The van der Waals surface area contributed by atoms with Crippen molar-refractivity contribution in [2.24, 2.45) is 0 Å². The fraction of sp³-hybridized carbons (Fsp3) is 0.333. The molecule has 0 aliphatic rings. The highest BCUT2D eigenvalue weighted by Gasteiger charge is 2.10. The van der Waals surface area contributed by atoms with Gasteiger partial charge in [0.1, 0.15) is 11.6 Å². The molecule has 20 heavy (non-hydrogen) atoms. The SMILES string of the molecule is CCN(/C=C(/C#N)C(=O)NCc1ccccc1Cl)CC. The van der Waals surface area contributed by atoms with Crippen molar-refractivity contribution in [3.63, 3.8) is 0 Å². The fourth-order valence-electron chi connectivity index (χ4n) is 1.64. The van der Waals surface area contributed by atoms with Gasteiger partial charge in [0.25, 0.3) is 5.91 Å². The average Bonchev–Trinajstić information content (AvgIpc) is 2.47. The van der Waals surface area contributed by atoms with Crippen molar-refractivity contribution in [1.29, 1.82) is 5.26 Å². The van der Waals surface area contributed by atoms with E-state index in [0.717, 1.165) is 18.7 Å². The lowest BCUT2D eigenvalue weighted by Gasteiger charge is -2.15. The zero-order valence-corrected chi connectivity index (χ0v) is 12.4. The second-order valence-corrected chi connectivity index (χ2v) is 4.56. The highest BCUT2D eigenvalue weighted by Crippen LogP contribution is 2.14. The summed E-state index contributed by atoms with van der Waals surface area (Å²) in [4.78, 5) is 13.9. The maximum absolute atomic E-state index is 12.0. The molecule has 0 spiro atoms. The molecule has 0 unspecified atom stereocenters. The predicted molar refractivity (Wildman–Crippen MR) is 79.9 cm³/mol. The average molecular weight is 292 g/mol. The molecule has 1 aromatic rings. The number of hydrogen-bond donors (Lipinski definition) is 1. The lowest BCUT2D eigenvalue weighted by Crippen LogP contribution is -2.26. The molecule has 0 aliphatic heterocycles. The Balaban J connectivity index is 2.70. The number of nitrogens with zero attached hydrogens (tertiary/aromatic N) is 2. The number of amides is 1. The van der Waals surface area contributed by atoms with E-state index in [1.165, 1.54) is 0 Å². The van der Waals surface area contributed by atoms with Gasteiger partial charge >= 0.3 is 0 Å². The van der Waals surface area contributed by atoms with Crippen molar-refractivity contribution in [1.82, 2.24) is 10.2 Å². The first kappa shape index (κ1) is 16.1. The van der Waals surface area contributed by atoms with Crippen molar-refractivity contribution in [3.05, 3.63) is 46.6 Å². The van der Waals surface area contributed by atoms with Gasteiger partial charge in [-0.25, -0.2) is 0 Å². The first-order valence-corrected chi connectivity index (χ1v) is 6.87. The summed E-state index contributed by atoms with van der Waals surface area (Å²) in [6.07, 6.45) is 1.59. The third-order valence-corrected chi connectivity index (χ3v) is 3.26. The normalized spacial score (nSPS) is 10.8. The molecule has 1 N–H and O–H groups in total. The maximum atomic E-state index is 12.0. The Morgan fingerprint density at radius 2 is 2.05 bits per heavy atom. The van der Waals surface area contributed by atoms with Crippen LogP contribution in [0.15, 0.2) is 36.0 Å². The van der Waals surface area contributed by atoms with E-state index in [-0.39, 0.29) is 11.5 Å². The van der Waals surface area contributed by atoms with Gasteiger partial charge in [-0.05, 0) is 25.5 Å². The van der Waals surface area contributed by atoms with Gasteiger partial charge in [0.15, 0.2) is 0 Å². The van der Waals surface area contributed by atoms with Crippen LogP contribution in [0, 0.1) is 11.3 Å². The van der Waals surface area contributed by atoms with Crippen LogP contribution in [0.2, 0.25) is 5.02 Å². The minimum absolute atomic E-state index is 0.0979. The minimum Gasteiger partial charge on any atom is -0.377 e. The van der Waals surface area contributed by atoms with Crippen molar-refractivity contribution in [2.75, 3.05) is 13.1 Å². The van der Waals surface area contributed by atoms with E-state index in [0.29, 0.717) is 11.6 Å². The minimum atomic E-state index is -0.390. The maximum Gasteiger partial charge on any atom is 0.263 e. The van der Waals surface area contributed by atoms with Gasteiger partial charge in [0.2, 0.25) is 0 Å². The number of benzene rings is 1. The van der Waals surface area contributed by atoms with Crippen LogP contribution in [0.25, 0.3) is 0 Å². The number of carbonyl (C=O) groups is 1. The Bertz CT molecular complexity index is 530. The van der Waals surface area contributed by atoms with Crippen LogP contribution in [0.1, 0.15) is 19.4 Å². The van der Waals surface area contributed by atoms with Gasteiger partial charge in [-0.2, -0.15) is 5.26 Å². The number of nitrogens with one attached hydrogen (secondary N) is 1.